The van der Waals surface area contributed by atoms with Gasteiger partial charge in [0.25, 0.3) is 11.7 Å². The van der Waals surface area contributed by atoms with Crippen LogP contribution in [0.1, 0.15) is 22.7 Å². The minimum Gasteiger partial charge on any atom is -0.507 e. The lowest BCUT2D eigenvalue weighted by Gasteiger charge is -2.26. The highest BCUT2D eigenvalue weighted by Crippen LogP contribution is 2.43. The number of amides is 1. The lowest BCUT2D eigenvalue weighted by atomic mass is 9.92. The van der Waals surface area contributed by atoms with Gasteiger partial charge >= 0.3 is 0 Å². The molecule has 190 valence electrons. The molecule has 6 rings (SSSR count). The van der Waals surface area contributed by atoms with Crippen molar-refractivity contribution in [3.63, 3.8) is 0 Å². The highest BCUT2D eigenvalue weighted by atomic mass is 16.3. The lowest BCUT2D eigenvalue weighted by molar-refractivity contribution is -0.132. The fourth-order valence-electron chi connectivity index (χ4n) is 5.22. The Kier molecular flexibility index (Phi) is 6.17. The summed E-state index contributed by atoms with van der Waals surface area (Å²) < 4.78 is 0. The molecule has 5 aromatic rings. The number of anilines is 3. The van der Waals surface area contributed by atoms with E-state index in [1.54, 1.807) is 6.07 Å². The maximum Gasteiger partial charge on any atom is 0.300 e. The largest absolute Gasteiger partial charge is 0.507 e. The molecule has 1 saturated heterocycles. The summed E-state index contributed by atoms with van der Waals surface area (Å²) in [7, 11) is 0. The number of carbonyl (C=O) groups is 2. The number of aliphatic hydroxyl groups is 1. The predicted molar refractivity (Wildman–Crippen MR) is 156 cm³/mol. The molecule has 0 radical (unpaired) electrons. The van der Waals surface area contributed by atoms with Gasteiger partial charge in [0.2, 0.25) is 0 Å². The number of para-hydroxylation sites is 1. The van der Waals surface area contributed by atoms with E-state index in [-0.39, 0.29) is 11.3 Å². The number of benzene rings is 5. The monoisotopic (exact) mass is 510 g/mol. The maximum atomic E-state index is 13.6. The summed E-state index contributed by atoms with van der Waals surface area (Å²) in [6.45, 7) is 1.96. The van der Waals surface area contributed by atoms with Crippen molar-refractivity contribution < 1.29 is 14.7 Å². The molecule has 5 heteroatoms. The summed E-state index contributed by atoms with van der Waals surface area (Å²) in [5, 5.41) is 16.7. The van der Waals surface area contributed by atoms with E-state index in [9.17, 15) is 14.7 Å². The zero-order valence-corrected chi connectivity index (χ0v) is 21.3. The number of ketones is 1. The summed E-state index contributed by atoms with van der Waals surface area (Å²) in [5.41, 5.74) is 4.71. The molecular formula is C34H26N2O3. The quantitative estimate of drug-likeness (QED) is 0.146. The highest BCUT2D eigenvalue weighted by molar-refractivity contribution is 6.51. The Morgan fingerprint density at radius 1 is 0.744 bits per heavy atom. The van der Waals surface area contributed by atoms with Crippen LogP contribution in [0.3, 0.4) is 0 Å². The van der Waals surface area contributed by atoms with Crippen LogP contribution in [0.2, 0.25) is 0 Å². The van der Waals surface area contributed by atoms with Crippen LogP contribution in [0.5, 0.6) is 0 Å². The number of aliphatic hydroxyl groups excluding tert-OH is 1. The first-order chi connectivity index (χ1) is 19.0. The van der Waals surface area contributed by atoms with Gasteiger partial charge in [-0.3, -0.25) is 14.5 Å². The van der Waals surface area contributed by atoms with Gasteiger partial charge in [0.15, 0.2) is 0 Å². The van der Waals surface area contributed by atoms with Crippen LogP contribution >= 0.6 is 0 Å². The van der Waals surface area contributed by atoms with Gasteiger partial charge in [-0.25, -0.2) is 0 Å². The Morgan fingerprint density at radius 3 is 2.18 bits per heavy atom. The topological polar surface area (TPSA) is 69.6 Å². The molecule has 1 amide bonds. The van der Waals surface area contributed by atoms with Crippen LogP contribution in [-0.4, -0.2) is 16.8 Å². The summed E-state index contributed by atoms with van der Waals surface area (Å²) >= 11 is 0. The first-order valence-electron chi connectivity index (χ1n) is 12.8. The molecule has 0 aromatic heterocycles. The Labute approximate surface area is 226 Å². The third-order valence-electron chi connectivity index (χ3n) is 7.05. The number of Topliss-reactive ketones (excluding diaryl/α,β-unsaturated/α-hetero) is 1. The third-order valence-corrected chi connectivity index (χ3v) is 7.05. The molecule has 1 unspecified atom stereocenters. The molecule has 1 fully saturated rings. The van der Waals surface area contributed by atoms with Gasteiger partial charge in [-0.1, -0.05) is 90.5 Å². The molecule has 1 aliphatic rings. The summed E-state index contributed by atoms with van der Waals surface area (Å²) in [6, 6.07) is 37.3. The molecule has 1 atom stereocenters. The molecule has 1 heterocycles. The normalized spacial score (nSPS) is 16.5. The summed E-state index contributed by atoms with van der Waals surface area (Å²) in [6.07, 6.45) is 0. The van der Waals surface area contributed by atoms with E-state index < -0.39 is 17.7 Å². The fraction of sp³-hybridized carbons (Fsp3) is 0.0588. The van der Waals surface area contributed by atoms with Gasteiger partial charge in [-0.2, -0.15) is 0 Å². The van der Waals surface area contributed by atoms with Crippen molar-refractivity contribution in [3.8, 4) is 0 Å². The number of nitrogens with one attached hydrogen (secondary N) is 1. The number of fused-ring (bicyclic) bond motifs is 1. The molecule has 2 N–H and O–H groups in total. The molecule has 39 heavy (non-hydrogen) atoms. The van der Waals surface area contributed by atoms with Crippen LogP contribution in [-0.2, 0) is 9.59 Å². The second-order valence-corrected chi connectivity index (χ2v) is 9.65. The molecule has 0 saturated carbocycles. The molecule has 1 aliphatic heterocycles. The van der Waals surface area contributed by atoms with E-state index in [2.05, 4.69) is 5.32 Å². The highest BCUT2D eigenvalue weighted by Gasteiger charge is 2.47. The predicted octanol–water partition coefficient (Wildman–Crippen LogP) is 7.52. The SMILES string of the molecule is Cc1cccc(C2/C(=C(/O)c3cccc4ccccc34)C(=O)C(=O)N2c2ccc(Nc3ccccc3)cc2)c1. The number of rotatable bonds is 5. The van der Waals surface area contributed by atoms with Gasteiger partial charge in [-0.05, 0) is 59.7 Å². The maximum absolute atomic E-state index is 13.6. The second kappa shape index (κ2) is 9.95. The minimum atomic E-state index is -0.781. The number of hydrogen-bond acceptors (Lipinski definition) is 4. The Morgan fingerprint density at radius 2 is 1.41 bits per heavy atom. The standard InChI is InChI=1S/C34H26N2O3/c1-22-9-7-12-24(21-22)31-30(32(37)29-16-8-11-23-10-5-6-15-28(23)29)33(38)34(39)36(31)27-19-17-26(18-20-27)35-25-13-3-2-4-14-25/h2-21,31,35,37H,1H3/b32-30-. The van der Waals surface area contributed by atoms with Gasteiger partial charge in [0.05, 0.1) is 11.6 Å². The zero-order chi connectivity index (χ0) is 26.9. The van der Waals surface area contributed by atoms with Crippen molar-refractivity contribution in [2.24, 2.45) is 0 Å². The van der Waals surface area contributed by atoms with E-state index in [0.717, 1.165) is 33.3 Å². The fourth-order valence-corrected chi connectivity index (χ4v) is 5.22. The van der Waals surface area contributed by atoms with Gasteiger partial charge < -0.3 is 10.4 Å². The summed E-state index contributed by atoms with van der Waals surface area (Å²) in [5.74, 6) is -1.56. The smallest absolute Gasteiger partial charge is 0.300 e. The van der Waals surface area contributed by atoms with Crippen LogP contribution in [0, 0.1) is 6.92 Å². The Hall–Kier alpha value is -5.16. The molecular weight excluding hydrogens is 484 g/mol. The van der Waals surface area contributed by atoms with Crippen molar-refractivity contribution in [3.05, 3.63) is 144 Å². The molecule has 0 bridgehead atoms. The average Bonchev–Trinajstić information content (AvgIpc) is 3.23. The van der Waals surface area contributed by atoms with E-state index in [0.29, 0.717) is 11.3 Å². The van der Waals surface area contributed by atoms with Crippen molar-refractivity contribution in [2.45, 2.75) is 13.0 Å². The van der Waals surface area contributed by atoms with E-state index >= 15 is 0 Å². The van der Waals surface area contributed by atoms with Gasteiger partial charge in [-0.15, -0.1) is 0 Å². The first-order valence-corrected chi connectivity index (χ1v) is 12.8. The summed E-state index contributed by atoms with van der Waals surface area (Å²) in [4.78, 5) is 28.7. The minimum absolute atomic E-state index is 0.0773. The van der Waals surface area contributed by atoms with Crippen LogP contribution in [0.15, 0.2) is 127 Å². The molecule has 5 nitrogen and oxygen atoms in total. The van der Waals surface area contributed by atoms with Crippen molar-refractivity contribution in [2.75, 3.05) is 10.2 Å². The zero-order valence-electron chi connectivity index (χ0n) is 21.3. The molecule has 0 spiro atoms. The number of nitrogens with zero attached hydrogens (tertiary/aromatic N) is 1. The number of hydrogen-bond donors (Lipinski definition) is 2. The average molecular weight is 511 g/mol. The van der Waals surface area contributed by atoms with Crippen molar-refractivity contribution in [1.29, 1.82) is 0 Å². The second-order valence-electron chi connectivity index (χ2n) is 9.65. The van der Waals surface area contributed by atoms with E-state index in [1.807, 2.05) is 122 Å². The molecule has 0 aliphatic carbocycles. The van der Waals surface area contributed by atoms with Crippen LogP contribution in [0.4, 0.5) is 17.1 Å². The van der Waals surface area contributed by atoms with Crippen molar-refractivity contribution in [1.82, 2.24) is 0 Å². The van der Waals surface area contributed by atoms with Crippen LogP contribution in [0.25, 0.3) is 16.5 Å². The Bertz CT molecular complexity index is 1730. The van der Waals surface area contributed by atoms with Gasteiger partial charge in [0.1, 0.15) is 5.76 Å². The number of aryl methyl sites for hydroxylation is 1. The van der Waals surface area contributed by atoms with Crippen LogP contribution < -0.4 is 10.2 Å². The first kappa shape index (κ1) is 24.2. The lowest BCUT2D eigenvalue weighted by Crippen LogP contribution is -2.29. The van der Waals surface area contributed by atoms with Gasteiger partial charge in [0, 0.05) is 22.6 Å². The van der Waals surface area contributed by atoms with Crippen molar-refractivity contribution >= 4 is 45.3 Å². The van der Waals surface area contributed by atoms with E-state index in [4.69, 9.17) is 0 Å². The Balaban J connectivity index is 1.48. The number of carbonyl (C=O) groups excluding carboxylic acids is 2. The molecule has 5 aromatic carbocycles. The third kappa shape index (κ3) is 4.44. The van der Waals surface area contributed by atoms with E-state index in [1.165, 1.54) is 4.90 Å².